The third-order valence-electron chi connectivity index (χ3n) is 3.60. The van der Waals surface area contributed by atoms with Gasteiger partial charge in [-0.15, -0.1) is 0 Å². The summed E-state index contributed by atoms with van der Waals surface area (Å²) in [6, 6.07) is 14.2. The fourth-order valence-corrected chi connectivity index (χ4v) is 2.42. The highest BCUT2D eigenvalue weighted by atomic mass is 16.6. The number of amides is 1. The average Bonchev–Trinajstić information content (AvgIpc) is 2.61. The Balaban J connectivity index is 1.73. The van der Waals surface area contributed by atoms with Gasteiger partial charge in [0.2, 0.25) is 0 Å². The van der Waals surface area contributed by atoms with Crippen molar-refractivity contribution in [2.45, 2.75) is 13.8 Å². The number of rotatable bonds is 5. The number of nitro groups is 1. The van der Waals surface area contributed by atoms with E-state index < -0.39 is 4.92 Å². The molecule has 1 amide bonds. The Bertz CT molecular complexity index is 983. The van der Waals surface area contributed by atoms with Gasteiger partial charge < -0.3 is 10.1 Å². The van der Waals surface area contributed by atoms with E-state index in [1.54, 1.807) is 24.3 Å². The maximum absolute atomic E-state index is 12.3. The molecule has 136 valence electrons. The van der Waals surface area contributed by atoms with Crippen LogP contribution < -0.4 is 10.1 Å². The van der Waals surface area contributed by atoms with Crippen molar-refractivity contribution in [1.29, 1.82) is 0 Å². The first-order chi connectivity index (χ1) is 12.9. The van der Waals surface area contributed by atoms with E-state index >= 15 is 0 Å². The average molecular weight is 364 g/mol. The Kier molecular flexibility index (Phi) is 5.07. The minimum atomic E-state index is -0.516. The Morgan fingerprint density at radius 2 is 1.70 bits per heavy atom. The van der Waals surface area contributed by atoms with E-state index in [-0.39, 0.29) is 17.6 Å². The first-order valence-corrected chi connectivity index (χ1v) is 8.07. The molecule has 27 heavy (non-hydrogen) atoms. The number of nitrogens with zero attached hydrogens (tertiary/aromatic N) is 3. The summed E-state index contributed by atoms with van der Waals surface area (Å²) in [5.41, 5.74) is 2.33. The van der Waals surface area contributed by atoms with Gasteiger partial charge in [0, 0.05) is 40.8 Å². The Hall–Kier alpha value is -3.81. The molecule has 0 aliphatic heterocycles. The fourth-order valence-electron chi connectivity index (χ4n) is 2.42. The number of non-ortho nitro benzene ring substituents is 1. The maximum Gasteiger partial charge on any atom is 0.322 e. The van der Waals surface area contributed by atoms with Crippen molar-refractivity contribution in [2.24, 2.45) is 0 Å². The molecule has 0 fully saturated rings. The van der Waals surface area contributed by atoms with Crippen molar-refractivity contribution >= 4 is 17.3 Å². The molecule has 0 atom stereocenters. The van der Waals surface area contributed by atoms with Crippen molar-refractivity contribution in [2.75, 3.05) is 5.32 Å². The van der Waals surface area contributed by atoms with E-state index in [1.807, 2.05) is 19.9 Å². The molecule has 1 N–H and O–H groups in total. The number of aryl methyl sites for hydroxylation is 2. The Morgan fingerprint density at radius 1 is 1.04 bits per heavy atom. The molecular formula is C19H16N4O4. The summed E-state index contributed by atoms with van der Waals surface area (Å²) in [7, 11) is 0. The number of carbonyl (C=O) groups excluding carboxylic acids is 1. The maximum atomic E-state index is 12.3. The number of nitrogens with one attached hydrogen (secondary N) is 1. The molecule has 8 heteroatoms. The number of aromatic nitrogens is 2. The zero-order valence-corrected chi connectivity index (χ0v) is 14.7. The van der Waals surface area contributed by atoms with Gasteiger partial charge in [-0.25, -0.2) is 9.97 Å². The van der Waals surface area contributed by atoms with Crippen LogP contribution in [0.4, 0.5) is 11.4 Å². The quantitative estimate of drug-likeness (QED) is 0.541. The number of nitro benzene ring substituents is 1. The van der Waals surface area contributed by atoms with Crippen molar-refractivity contribution in [3.63, 3.8) is 0 Å². The lowest BCUT2D eigenvalue weighted by Crippen LogP contribution is -2.11. The van der Waals surface area contributed by atoms with Gasteiger partial charge in [0.05, 0.1) is 4.92 Å². The van der Waals surface area contributed by atoms with E-state index in [9.17, 15) is 14.9 Å². The van der Waals surface area contributed by atoms with Gasteiger partial charge >= 0.3 is 6.01 Å². The molecule has 0 radical (unpaired) electrons. The van der Waals surface area contributed by atoms with Gasteiger partial charge in [0.1, 0.15) is 5.75 Å². The lowest BCUT2D eigenvalue weighted by Gasteiger charge is -2.09. The minimum absolute atomic E-state index is 0.0737. The highest BCUT2D eigenvalue weighted by Crippen LogP contribution is 2.23. The van der Waals surface area contributed by atoms with Crippen LogP contribution in [0.15, 0.2) is 54.6 Å². The van der Waals surface area contributed by atoms with Gasteiger partial charge in [-0.2, -0.15) is 0 Å². The van der Waals surface area contributed by atoms with Crippen LogP contribution in [0.3, 0.4) is 0 Å². The second-order valence-corrected chi connectivity index (χ2v) is 5.82. The highest BCUT2D eigenvalue weighted by Gasteiger charge is 2.10. The van der Waals surface area contributed by atoms with Crippen molar-refractivity contribution in [3.05, 3.63) is 81.7 Å². The second kappa shape index (κ2) is 7.61. The lowest BCUT2D eigenvalue weighted by molar-refractivity contribution is -0.384. The number of hydrogen-bond acceptors (Lipinski definition) is 6. The molecule has 0 saturated heterocycles. The van der Waals surface area contributed by atoms with Gasteiger partial charge in [0.25, 0.3) is 11.6 Å². The smallest absolute Gasteiger partial charge is 0.322 e. The molecule has 3 aromatic rings. The summed E-state index contributed by atoms with van der Waals surface area (Å²) >= 11 is 0. The Labute approximate surface area is 155 Å². The molecule has 0 unspecified atom stereocenters. The van der Waals surface area contributed by atoms with E-state index in [4.69, 9.17) is 4.74 Å². The molecule has 0 spiro atoms. The predicted molar refractivity (Wildman–Crippen MR) is 99.1 cm³/mol. The second-order valence-electron chi connectivity index (χ2n) is 5.82. The largest absolute Gasteiger partial charge is 0.424 e. The zero-order valence-electron chi connectivity index (χ0n) is 14.7. The number of hydrogen-bond donors (Lipinski definition) is 1. The van der Waals surface area contributed by atoms with Crippen LogP contribution in [0.2, 0.25) is 0 Å². The van der Waals surface area contributed by atoms with E-state index in [2.05, 4.69) is 15.3 Å². The normalized spacial score (nSPS) is 10.3. The van der Waals surface area contributed by atoms with E-state index in [1.165, 1.54) is 24.3 Å². The molecule has 3 rings (SSSR count). The molecule has 8 nitrogen and oxygen atoms in total. The van der Waals surface area contributed by atoms with Crippen LogP contribution in [-0.2, 0) is 0 Å². The van der Waals surface area contributed by atoms with Crippen LogP contribution in [0.1, 0.15) is 21.7 Å². The predicted octanol–water partition coefficient (Wildman–Crippen LogP) is 4.05. The first kappa shape index (κ1) is 18.0. The topological polar surface area (TPSA) is 107 Å². The lowest BCUT2D eigenvalue weighted by atomic mass is 10.2. The van der Waals surface area contributed by atoms with Crippen molar-refractivity contribution < 1.29 is 14.5 Å². The third-order valence-corrected chi connectivity index (χ3v) is 3.60. The van der Waals surface area contributed by atoms with E-state index in [0.29, 0.717) is 17.0 Å². The molecule has 2 aromatic carbocycles. The summed E-state index contributed by atoms with van der Waals surface area (Å²) in [5, 5.41) is 13.4. The molecule has 1 heterocycles. The van der Waals surface area contributed by atoms with Crippen LogP contribution in [0.5, 0.6) is 11.8 Å². The van der Waals surface area contributed by atoms with Crippen molar-refractivity contribution in [1.82, 2.24) is 9.97 Å². The zero-order chi connectivity index (χ0) is 19.4. The molecule has 0 aliphatic rings. The molecule has 0 saturated carbocycles. The molecule has 0 bridgehead atoms. The number of anilines is 1. The number of carbonyl (C=O) groups is 1. The first-order valence-electron chi connectivity index (χ1n) is 8.07. The monoisotopic (exact) mass is 364 g/mol. The SMILES string of the molecule is Cc1cc(C)nc(Oc2cccc(NC(=O)c3ccc([N+](=O)[O-])cc3)c2)n1. The summed E-state index contributed by atoms with van der Waals surface area (Å²) in [4.78, 5) is 30.9. The highest BCUT2D eigenvalue weighted by molar-refractivity contribution is 6.04. The minimum Gasteiger partial charge on any atom is -0.424 e. The van der Waals surface area contributed by atoms with Crippen LogP contribution in [0.25, 0.3) is 0 Å². The summed E-state index contributed by atoms with van der Waals surface area (Å²) in [6.07, 6.45) is 0. The molecule has 1 aromatic heterocycles. The van der Waals surface area contributed by atoms with Crippen LogP contribution in [-0.4, -0.2) is 20.8 Å². The van der Waals surface area contributed by atoms with Crippen LogP contribution >= 0.6 is 0 Å². The number of ether oxygens (including phenoxy) is 1. The van der Waals surface area contributed by atoms with Crippen molar-refractivity contribution in [3.8, 4) is 11.8 Å². The molecule has 0 aliphatic carbocycles. The van der Waals surface area contributed by atoms with Crippen LogP contribution in [0, 0.1) is 24.0 Å². The summed E-state index contributed by atoms with van der Waals surface area (Å²) < 4.78 is 5.66. The summed E-state index contributed by atoms with van der Waals surface area (Å²) in [5.74, 6) is 0.0891. The fraction of sp³-hybridized carbons (Fsp3) is 0.105. The van der Waals surface area contributed by atoms with Gasteiger partial charge in [-0.1, -0.05) is 6.07 Å². The number of benzene rings is 2. The van der Waals surface area contributed by atoms with Gasteiger partial charge in [-0.05, 0) is 44.2 Å². The van der Waals surface area contributed by atoms with E-state index in [0.717, 1.165) is 11.4 Å². The third kappa shape index (κ3) is 4.63. The Morgan fingerprint density at radius 3 is 2.33 bits per heavy atom. The van der Waals surface area contributed by atoms with Gasteiger partial charge in [0.15, 0.2) is 0 Å². The summed E-state index contributed by atoms with van der Waals surface area (Å²) in [6.45, 7) is 3.70. The van der Waals surface area contributed by atoms with Gasteiger partial charge in [-0.3, -0.25) is 14.9 Å². The standard InChI is InChI=1S/C19H16N4O4/c1-12-10-13(2)21-19(20-12)27-17-5-3-4-15(11-17)22-18(24)14-6-8-16(9-7-14)23(25)26/h3-11H,1-2H3,(H,22,24). The molecular weight excluding hydrogens is 348 g/mol.